The van der Waals surface area contributed by atoms with Gasteiger partial charge in [0.2, 0.25) is 0 Å². The number of benzene rings is 1. The highest BCUT2D eigenvalue weighted by atomic mass is 19.2. The molecule has 0 saturated heterocycles. The lowest BCUT2D eigenvalue weighted by molar-refractivity contribution is -0.380. The third-order valence-electron chi connectivity index (χ3n) is 5.03. The third kappa shape index (κ3) is 6.93. The number of ether oxygens (including phenoxy) is 3. The molecule has 1 unspecified atom stereocenters. The zero-order valence-corrected chi connectivity index (χ0v) is 16.7. The van der Waals surface area contributed by atoms with Gasteiger partial charge in [0.05, 0.1) is 0 Å². The molecule has 0 amide bonds. The van der Waals surface area contributed by atoms with Gasteiger partial charge in [-0.3, -0.25) is 0 Å². The lowest BCUT2D eigenvalue weighted by atomic mass is 9.91. The Morgan fingerprint density at radius 2 is 1.46 bits per heavy atom. The molecule has 0 bridgehead atoms. The molecule has 0 N–H and O–H groups in total. The summed E-state index contributed by atoms with van der Waals surface area (Å²) < 4.78 is 43.2. The maximum absolute atomic E-state index is 13.4. The minimum Gasteiger partial charge on any atom is -0.331 e. The summed E-state index contributed by atoms with van der Waals surface area (Å²) in [5.74, 6) is -2.74. The summed E-state index contributed by atoms with van der Waals surface area (Å²) in [5.41, 5.74) is 0.758. The van der Waals surface area contributed by atoms with Gasteiger partial charge in [-0.15, -0.1) is 0 Å². The van der Waals surface area contributed by atoms with Crippen molar-refractivity contribution in [2.24, 2.45) is 5.92 Å². The van der Waals surface area contributed by atoms with E-state index in [1.807, 2.05) is 0 Å². The predicted octanol–water partition coefficient (Wildman–Crippen LogP) is 5.86. The van der Waals surface area contributed by atoms with Crippen LogP contribution < -0.4 is 0 Å². The van der Waals surface area contributed by atoms with Gasteiger partial charge in [0.15, 0.2) is 11.6 Å². The smallest absolute Gasteiger partial charge is 0.285 e. The Kier molecular flexibility index (Phi) is 10.9. The first-order chi connectivity index (χ1) is 12.5. The van der Waals surface area contributed by atoms with E-state index in [1.165, 1.54) is 37.8 Å². The van der Waals surface area contributed by atoms with Gasteiger partial charge in [-0.25, -0.2) is 8.78 Å². The number of unbranched alkanes of at least 4 members (excludes halogenated alkanes) is 5. The highest BCUT2D eigenvalue weighted by molar-refractivity contribution is 5.17. The third-order valence-corrected chi connectivity index (χ3v) is 5.03. The molecule has 0 aliphatic heterocycles. The van der Waals surface area contributed by atoms with Crippen LogP contribution in [0.4, 0.5) is 8.78 Å². The molecule has 0 fully saturated rings. The molecule has 0 radical (unpaired) electrons. The molecule has 0 aliphatic rings. The Labute approximate surface area is 157 Å². The van der Waals surface area contributed by atoms with Gasteiger partial charge in [-0.05, 0) is 37.0 Å². The second kappa shape index (κ2) is 12.4. The first kappa shape index (κ1) is 23.0. The average Bonchev–Trinajstić information content (AvgIpc) is 2.66. The summed E-state index contributed by atoms with van der Waals surface area (Å²) in [6.45, 7) is 2.21. The van der Waals surface area contributed by atoms with Crippen LogP contribution in [-0.2, 0) is 20.6 Å². The van der Waals surface area contributed by atoms with Crippen molar-refractivity contribution in [3.63, 3.8) is 0 Å². The van der Waals surface area contributed by atoms with Gasteiger partial charge in [0.1, 0.15) is 0 Å². The highest BCUT2D eigenvalue weighted by Crippen LogP contribution is 2.32. The largest absolute Gasteiger partial charge is 0.331 e. The van der Waals surface area contributed by atoms with Gasteiger partial charge in [0.25, 0.3) is 5.97 Å². The Hall–Kier alpha value is -1.04. The number of rotatable bonds is 14. The standard InChI is InChI=1S/C21H34F2O3/c1-5-6-7-8-9-10-11-18(21(24-2,25-3)26-4)14-12-17-13-15-19(22)20(23)16-17/h13,15-16,18H,5-12,14H2,1-4H3. The van der Waals surface area contributed by atoms with Crippen LogP contribution in [0, 0.1) is 17.6 Å². The number of hydrogen-bond donors (Lipinski definition) is 0. The molecule has 150 valence electrons. The van der Waals surface area contributed by atoms with Crippen molar-refractivity contribution in [1.82, 2.24) is 0 Å². The Morgan fingerprint density at radius 3 is 2.04 bits per heavy atom. The predicted molar refractivity (Wildman–Crippen MR) is 99.9 cm³/mol. The minimum absolute atomic E-state index is 0.00166. The van der Waals surface area contributed by atoms with E-state index < -0.39 is 17.6 Å². The molecule has 0 aromatic heterocycles. The van der Waals surface area contributed by atoms with E-state index >= 15 is 0 Å². The molecular weight excluding hydrogens is 338 g/mol. The van der Waals surface area contributed by atoms with Crippen molar-refractivity contribution in [2.45, 2.75) is 70.7 Å². The molecule has 5 heteroatoms. The molecule has 0 saturated carbocycles. The number of aryl methyl sites for hydroxylation is 1. The normalized spacial score (nSPS) is 13.2. The average molecular weight is 372 g/mol. The topological polar surface area (TPSA) is 27.7 Å². The summed E-state index contributed by atoms with van der Waals surface area (Å²) in [4.78, 5) is 0. The maximum Gasteiger partial charge on any atom is 0.285 e. The van der Waals surface area contributed by atoms with Crippen molar-refractivity contribution in [3.05, 3.63) is 35.4 Å². The van der Waals surface area contributed by atoms with Crippen LogP contribution in [0.2, 0.25) is 0 Å². The van der Waals surface area contributed by atoms with Gasteiger partial charge in [-0.2, -0.15) is 0 Å². The van der Waals surface area contributed by atoms with E-state index in [2.05, 4.69) is 6.92 Å². The Morgan fingerprint density at radius 1 is 0.846 bits per heavy atom. The van der Waals surface area contributed by atoms with Crippen molar-refractivity contribution in [3.8, 4) is 0 Å². The van der Waals surface area contributed by atoms with E-state index in [0.717, 1.165) is 24.8 Å². The van der Waals surface area contributed by atoms with Crippen LogP contribution in [-0.4, -0.2) is 27.3 Å². The number of halogens is 2. The van der Waals surface area contributed by atoms with E-state index in [1.54, 1.807) is 27.4 Å². The second-order valence-electron chi connectivity index (χ2n) is 6.76. The van der Waals surface area contributed by atoms with Gasteiger partial charge >= 0.3 is 0 Å². The second-order valence-corrected chi connectivity index (χ2v) is 6.76. The molecule has 1 rings (SSSR count). The number of methoxy groups -OCH3 is 3. The van der Waals surface area contributed by atoms with Gasteiger partial charge < -0.3 is 14.2 Å². The molecule has 0 spiro atoms. The molecule has 1 aromatic carbocycles. The molecule has 0 heterocycles. The molecule has 1 aromatic rings. The fourth-order valence-electron chi connectivity index (χ4n) is 3.45. The molecule has 0 aliphatic carbocycles. The summed E-state index contributed by atoms with van der Waals surface area (Å²) in [5, 5.41) is 0. The van der Waals surface area contributed by atoms with Crippen molar-refractivity contribution < 1.29 is 23.0 Å². The van der Waals surface area contributed by atoms with E-state index in [4.69, 9.17) is 14.2 Å². The summed E-state index contributed by atoms with van der Waals surface area (Å²) >= 11 is 0. The minimum atomic E-state index is -1.11. The first-order valence-electron chi connectivity index (χ1n) is 9.62. The Balaban J connectivity index is 2.68. The van der Waals surface area contributed by atoms with E-state index in [-0.39, 0.29) is 5.92 Å². The SMILES string of the molecule is CCCCCCCCC(CCc1ccc(F)c(F)c1)C(OC)(OC)OC. The van der Waals surface area contributed by atoms with E-state index in [0.29, 0.717) is 12.8 Å². The van der Waals surface area contributed by atoms with Crippen LogP contribution in [0.1, 0.15) is 63.9 Å². The molecule has 1 atom stereocenters. The zero-order valence-electron chi connectivity index (χ0n) is 16.7. The van der Waals surface area contributed by atoms with Crippen LogP contribution >= 0.6 is 0 Å². The maximum atomic E-state index is 13.4. The van der Waals surface area contributed by atoms with Gasteiger partial charge in [0, 0.05) is 27.2 Å². The quantitative estimate of drug-likeness (QED) is 0.302. The monoisotopic (exact) mass is 372 g/mol. The fraction of sp³-hybridized carbons (Fsp3) is 0.714. The lowest BCUT2D eigenvalue weighted by Gasteiger charge is -2.36. The zero-order chi connectivity index (χ0) is 19.4. The van der Waals surface area contributed by atoms with Crippen molar-refractivity contribution in [1.29, 1.82) is 0 Å². The van der Waals surface area contributed by atoms with Crippen LogP contribution in [0.3, 0.4) is 0 Å². The summed E-state index contributed by atoms with van der Waals surface area (Å²) in [6, 6.07) is 4.04. The van der Waals surface area contributed by atoms with Gasteiger partial charge in [-0.1, -0.05) is 51.5 Å². The first-order valence-corrected chi connectivity index (χ1v) is 9.62. The van der Waals surface area contributed by atoms with Crippen LogP contribution in [0.15, 0.2) is 18.2 Å². The molecular formula is C21H34F2O3. The van der Waals surface area contributed by atoms with Crippen LogP contribution in [0.5, 0.6) is 0 Å². The summed E-state index contributed by atoms with van der Waals surface area (Å²) in [7, 11) is 4.70. The van der Waals surface area contributed by atoms with Crippen molar-refractivity contribution >= 4 is 0 Å². The highest BCUT2D eigenvalue weighted by Gasteiger charge is 2.39. The molecule has 26 heavy (non-hydrogen) atoms. The van der Waals surface area contributed by atoms with E-state index in [9.17, 15) is 8.78 Å². The fourth-order valence-corrected chi connectivity index (χ4v) is 3.45. The molecule has 3 nitrogen and oxygen atoms in total. The Bertz CT molecular complexity index is 496. The number of hydrogen-bond acceptors (Lipinski definition) is 3. The van der Waals surface area contributed by atoms with Crippen molar-refractivity contribution in [2.75, 3.05) is 21.3 Å². The lowest BCUT2D eigenvalue weighted by Crippen LogP contribution is -2.44. The summed E-state index contributed by atoms with van der Waals surface area (Å²) in [6.07, 6.45) is 9.42. The van der Waals surface area contributed by atoms with Crippen LogP contribution in [0.25, 0.3) is 0 Å².